The van der Waals surface area contributed by atoms with E-state index in [1.54, 1.807) is 13.0 Å². The molecule has 0 radical (unpaired) electrons. The SMILES string of the molecule is CCC(C)NS(=O)(=O)c1ccc(NC(=O)c2cc(Cl)ccc2Cl)cc1. The summed E-state index contributed by atoms with van der Waals surface area (Å²) in [4.78, 5) is 12.4. The molecular weight excluding hydrogens is 383 g/mol. The van der Waals surface area contributed by atoms with Crippen LogP contribution in [0.5, 0.6) is 0 Å². The fraction of sp³-hybridized carbons (Fsp3) is 0.235. The van der Waals surface area contributed by atoms with Crippen molar-refractivity contribution < 1.29 is 13.2 Å². The first kappa shape index (κ1) is 19.7. The van der Waals surface area contributed by atoms with Gasteiger partial charge in [0.1, 0.15) is 0 Å². The van der Waals surface area contributed by atoms with E-state index in [0.717, 1.165) is 0 Å². The van der Waals surface area contributed by atoms with E-state index in [4.69, 9.17) is 23.2 Å². The number of benzene rings is 2. The number of halogens is 2. The minimum Gasteiger partial charge on any atom is -0.322 e. The Morgan fingerprint density at radius 1 is 1.12 bits per heavy atom. The zero-order valence-corrected chi connectivity index (χ0v) is 16.0. The molecule has 5 nitrogen and oxygen atoms in total. The molecule has 0 saturated heterocycles. The maximum absolute atomic E-state index is 12.3. The van der Waals surface area contributed by atoms with E-state index >= 15 is 0 Å². The number of carbonyl (C=O) groups is 1. The summed E-state index contributed by atoms with van der Waals surface area (Å²) in [6.07, 6.45) is 0.688. The van der Waals surface area contributed by atoms with Gasteiger partial charge < -0.3 is 5.32 Å². The average Bonchev–Trinajstić information content (AvgIpc) is 2.57. The van der Waals surface area contributed by atoms with Gasteiger partial charge in [-0.05, 0) is 55.8 Å². The fourth-order valence-electron chi connectivity index (χ4n) is 2.00. The molecular formula is C17H18Cl2N2O3S. The van der Waals surface area contributed by atoms with E-state index in [9.17, 15) is 13.2 Å². The monoisotopic (exact) mass is 400 g/mol. The summed E-state index contributed by atoms with van der Waals surface area (Å²) in [5, 5.41) is 3.33. The number of nitrogens with one attached hydrogen (secondary N) is 2. The lowest BCUT2D eigenvalue weighted by Crippen LogP contribution is -2.31. The Hall–Kier alpha value is -1.60. The van der Waals surface area contributed by atoms with Gasteiger partial charge in [-0.15, -0.1) is 0 Å². The average molecular weight is 401 g/mol. The number of amides is 1. The van der Waals surface area contributed by atoms with Gasteiger partial charge in [0.2, 0.25) is 10.0 Å². The highest BCUT2D eigenvalue weighted by Gasteiger charge is 2.17. The quantitative estimate of drug-likeness (QED) is 0.757. The van der Waals surface area contributed by atoms with Crippen LogP contribution in [0.3, 0.4) is 0 Å². The van der Waals surface area contributed by atoms with E-state index in [0.29, 0.717) is 17.1 Å². The minimum atomic E-state index is -3.58. The molecule has 0 aromatic heterocycles. The summed E-state index contributed by atoms with van der Waals surface area (Å²) in [5.41, 5.74) is 0.688. The Kier molecular flexibility index (Phi) is 6.46. The van der Waals surface area contributed by atoms with Crippen LogP contribution in [0.1, 0.15) is 30.6 Å². The van der Waals surface area contributed by atoms with Crippen LogP contribution >= 0.6 is 23.2 Å². The molecule has 0 heterocycles. The van der Waals surface area contributed by atoms with Gasteiger partial charge >= 0.3 is 0 Å². The second kappa shape index (κ2) is 8.19. The molecule has 2 rings (SSSR count). The molecule has 2 aromatic rings. The van der Waals surface area contributed by atoms with Crippen LogP contribution in [-0.4, -0.2) is 20.4 Å². The summed E-state index contributed by atoms with van der Waals surface area (Å²) in [5.74, 6) is -0.430. The van der Waals surface area contributed by atoms with Gasteiger partial charge in [-0.3, -0.25) is 4.79 Å². The number of rotatable bonds is 6. The van der Waals surface area contributed by atoms with E-state index in [2.05, 4.69) is 10.0 Å². The molecule has 0 spiro atoms. The highest BCUT2D eigenvalue weighted by molar-refractivity contribution is 7.89. The largest absolute Gasteiger partial charge is 0.322 e. The Balaban J connectivity index is 2.15. The second-order valence-electron chi connectivity index (χ2n) is 5.53. The van der Waals surface area contributed by atoms with Crippen LogP contribution in [-0.2, 0) is 10.0 Å². The highest BCUT2D eigenvalue weighted by atomic mass is 35.5. The zero-order chi connectivity index (χ0) is 18.6. The molecule has 25 heavy (non-hydrogen) atoms. The van der Waals surface area contributed by atoms with Crippen LogP contribution in [0.4, 0.5) is 5.69 Å². The van der Waals surface area contributed by atoms with Crippen LogP contribution in [0.2, 0.25) is 10.0 Å². The third-order valence-corrected chi connectivity index (χ3v) is 5.73. The normalized spacial score (nSPS) is 12.6. The Morgan fingerprint density at radius 3 is 2.36 bits per heavy atom. The summed E-state index contributed by atoms with van der Waals surface area (Å²) >= 11 is 11.9. The highest BCUT2D eigenvalue weighted by Crippen LogP contribution is 2.22. The van der Waals surface area contributed by atoms with Crippen LogP contribution < -0.4 is 10.0 Å². The van der Waals surface area contributed by atoms with Crippen molar-refractivity contribution in [3.63, 3.8) is 0 Å². The number of anilines is 1. The van der Waals surface area contributed by atoms with Gasteiger partial charge in [-0.25, -0.2) is 13.1 Å². The van der Waals surface area contributed by atoms with Gasteiger partial charge in [0.05, 0.1) is 15.5 Å². The maximum Gasteiger partial charge on any atom is 0.257 e. The molecule has 0 bridgehead atoms. The van der Waals surface area contributed by atoms with E-state index < -0.39 is 15.9 Å². The lowest BCUT2D eigenvalue weighted by Gasteiger charge is -2.12. The van der Waals surface area contributed by atoms with Crippen molar-refractivity contribution in [2.45, 2.75) is 31.2 Å². The predicted molar refractivity (Wildman–Crippen MR) is 101 cm³/mol. The molecule has 134 valence electrons. The van der Waals surface area contributed by atoms with E-state index in [-0.39, 0.29) is 21.5 Å². The van der Waals surface area contributed by atoms with Gasteiger partial charge in [0.25, 0.3) is 5.91 Å². The van der Waals surface area contributed by atoms with Crippen molar-refractivity contribution >= 4 is 44.8 Å². The lowest BCUT2D eigenvalue weighted by molar-refractivity contribution is 0.102. The van der Waals surface area contributed by atoms with Crippen molar-refractivity contribution in [3.05, 3.63) is 58.1 Å². The van der Waals surface area contributed by atoms with Crippen LogP contribution in [0.25, 0.3) is 0 Å². The van der Waals surface area contributed by atoms with Crippen molar-refractivity contribution in [2.24, 2.45) is 0 Å². The lowest BCUT2D eigenvalue weighted by atomic mass is 10.2. The molecule has 0 aliphatic carbocycles. The van der Waals surface area contributed by atoms with Crippen molar-refractivity contribution in [2.75, 3.05) is 5.32 Å². The third-order valence-electron chi connectivity index (χ3n) is 3.56. The Bertz CT molecular complexity index is 868. The van der Waals surface area contributed by atoms with Gasteiger partial charge in [-0.1, -0.05) is 30.1 Å². The van der Waals surface area contributed by atoms with Gasteiger partial charge in [0.15, 0.2) is 0 Å². The third kappa shape index (κ3) is 5.19. The number of hydrogen-bond acceptors (Lipinski definition) is 3. The molecule has 8 heteroatoms. The summed E-state index contributed by atoms with van der Waals surface area (Å²) < 4.78 is 27.0. The molecule has 0 aliphatic rings. The first-order valence-corrected chi connectivity index (χ1v) is 9.85. The van der Waals surface area contributed by atoms with Crippen molar-refractivity contribution in [1.82, 2.24) is 4.72 Å². The smallest absolute Gasteiger partial charge is 0.257 e. The summed E-state index contributed by atoms with van der Waals surface area (Å²) in [6, 6.07) is 10.3. The first-order valence-electron chi connectivity index (χ1n) is 7.61. The standard InChI is InChI=1S/C17H18Cl2N2O3S/c1-3-11(2)21-25(23,24)14-7-5-13(6-8-14)20-17(22)15-10-12(18)4-9-16(15)19/h4-11,21H,3H2,1-2H3,(H,20,22). The Labute approximate surface area is 157 Å². The van der Waals surface area contributed by atoms with Crippen LogP contribution in [0, 0.1) is 0 Å². The van der Waals surface area contributed by atoms with Crippen molar-refractivity contribution in [3.8, 4) is 0 Å². The predicted octanol–water partition coefficient (Wildman–Crippen LogP) is 4.32. The summed E-state index contributed by atoms with van der Waals surface area (Å²) in [7, 11) is -3.58. The topological polar surface area (TPSA) is 75.3 Å². The first-order chi connectivity index (χ1) is 11.7. The van der Waals surface area contributed by atoms with Crippen molar-refractivity contribution in [1.29, 1.82) is 0 Å². The molecule has 1 amide bonds. The molecule has 0 fully saturated rings. The minimum absolute atomic E-state index is 0.131. The molecule has 1 unspecified atom stereocenters. The molecule has 2 aromatic carbocycles. The zero-order valence-electron chi connectivity index (χ0n) is 13.7. The number of sulfonamides is 1. The van der Waals surface area contributed by atoms with Gasteiger partial charge in [-0.2, -0.15) is 0 Å². The van der Waals surface area contributed by atoms with Gasteiger partial charge in [0, 0.05) is 16.8 Å². The number of carbonyl (C=O) groups excluding carboxylic acids is 1. The molecule has 1 atom stereocenters. The maximum atomic E-state index is 12.3. The summed E-state index contributed by atoms with van der Waals surface area (Å²) in [6.45, 7) is 3.69. The fourth-order valence-corrected chi connectivity index (χ4v) is 3.71. The van der Waals surface area contributed by atoms with Crippen LogP contribution in [0.15, 0.2) is 47.4 Å². The number of hydrogen-bond donors (Lipinski definition) is 2. The molecule has 0 saturated carbocycles. The van der Waals surface area contributed by atoms with E-state index in [1.165, 1.54) is 36.4 Å². The molecule has 0 aliphatic heterocycles. The van der Waals surface area contributed by atoms with E-state index in [1.807, 2.05) is 6.92 Å². The molecule has 2 N–H and O–H groups in total. The Morgan fingerprint density at radius 2 is 1.76 bits per heavy atom. The second-order valence-corrected chi connectivity index (χ2v) is 8.09.